The number of fused-ring (bicyclic) bond motifs is 2. The number of hydrogen-bond acceptors (Lipinski definition) is 2. The third kappa shape index (κ3) is 3.47. The molecule has 0 fully saturated rings. The first-order chi connectivity index (χ1) is 10.0. The lowest BCUT2D eigenvalue weighted by Gasteiger charge is -2.18. The van der Waals surface area contributed by atoms with Crippen molar-refractivity contribution in [1.82, 2.24) is 0 Å². The van der Waals surface area contributed by atoms with Crippen LogP contribution in [0.5, 0.6) is 0 Å². The molecule has 0 spiro atoms. The maximum absolute atomic E-state index is 12.2. The molecule has 0 radical (unpaired) electrons. The molecule has 2 aromatic rings. The van der Waals surface area contributed by atoms with Crippen molar-refractivity contribution >= 4 is 16.7 Å². The van der Waals surface area contributed by atoms with Gasteiger partial charge in [0.25, 0.3) is 0 Å². The molecule has 0 bridgehead atoms. The van der Waals surface area contributed by atoms with Crippen LogP contribution in [0.2, 0.25) is 0 Å². The van der Waals surface area contributed by atoms with E-state index in [1.807, 2.05) is 36.4 Å². The molecule has 1 aliphatic heterocycles. The molecule has 2 N–H and O–H groups in total. The average Bonchev–Trinajstić information content (AvgIpc) is 2.48. The summed E-state index contributed by atoms with van der Waals surface area (Å²) in [6.45, 7) is 4.85. The van der Waals surface area contributed by atoms with Crippen LogP contribution in [-0.2, 0) is 22.0 Å². The summed E-state index contributed by atoms with van der Waals surface area (Å²) in [5.41, 5.74) is 7.47. The second-order valence-electron chi connectivity index (χ2n) is 4.81. The van der Waals surface area contributed by atoms with E-state index in [9.17, 15) is 9.00 Å². The molecule has 0 aromatic heterocycles. The van der Waals surface area contributed by atoms with Crippen LogP contribution in [0.25, 0.3) is 0 Å². The van der Waals surface area contributed by atoms with Crippen molar-refractivity contribution in [3.8, 4) is 0 Å². The zero-order valence-electron chi connectivity index (χ0n) is 11.8. The molecule has 3 rings (SSSR count). The molecule has 21 heavy (non-hydrogen) atoms. The van der Waals surface area contributed by atoms with E-state index in [1.54, 1.807) is 6.92 Å². The van der Waals surface area contributed by atoms with Gasteiger partial charge in [-0.1, -0.05) is 43.0 Å². The normalized spacial score (nSPS) is 12.4. The third-order valence-electron chi connectivity index (χ3n) is 3.15. The fourth-order valence-corrected chi connectivity index (χ4v) is 3.38. The molecule has 0 aliphatic carbocycles. The number of amides is 1. The van der Waals surface area contributed by atoms with E-state index in [1.165, 1.54) is 11.1 Å². The number of benzene rings is 2. The number of rotatable bonds is 1. The van der Waals surface area contributed by atoms with Crippen molar-refractivity contribution in [3.05, 3.63) is 71.8 Å². The van der Waals surface area contributed by atoms with Gasteiger partial charge in [0, 0.05) is 15.4 Å². The largest absolute Gasteiger partial charge is 0.366 e. The van der Waals surface area contributed by atoms with Crippen LogP contribution in [0.4, 0.5) is 0 Å². The van der Waals surface area contributed by atoms with Crippen LogP contribution < -0.4 is 5.73 Å². The molecule has 1 aliphatic rings. The molecule has 0 saturated carbocycles. The summed E-state index contributed by atoms with van der Waals surface area (Å²) in [6, 6.07) is 15.9. The highest BCUT2D eigenvalue weighted by Crippen LogP contribution is 2.30. The maximum Gasteiger partial charge on any atom is 0.243 e. The van der Waals surface area contributed by atoms with Gasteiger partial charge in [-0.3, -0.25) is 4.79 Å². The number of carbonyl (C=O) groups excluding carboxylic acids is 1. The lowest BCUT2D eigenvalue weighted by molar-refractivity contribution is -0.114. The number of hydrogen-bond donors (Lipinski definition) is 1. The van der Waals surface area contributed by atoms with Gasteiger partial charge in [0.05, 0.1) is 10.8 Å². The third-order valence-corrected chi connectivity index (χ3v) is 4.74. The van der Waals surface area contributed by atoms with Crippen molar-refractivity contribution in [2.24, 2.45) is 5.73 Å². The summed E-state index contributed by atoms with van der Waals surface area (Å²) < 4.78 is 12.2. The van der Waals surface area contributed by atoms with E-state index in [0.717, 1.165) is 16.2 Å². The molecule has 108 valence electrons. The minimum Gasteiger partial charge on any atom is -0.366 e. The summed E-state index contributed by atoms with van der Waals surface area (Å²) >= 11 is 0. The molecule has 2 aromatic carbocycles. The van der Waals surface area contributed by atoms with Gasteiger partial charge in [0.1, 0.15) is 0 Å². The van der Waals surface area contributed by atoms with Crippen molar-refractivity contribution in [2.75, 3.05) is 0 Å². The van der Waals surface area contributed by atoms with Gasteiger partial charge in [-0.2, -0.15) is 0 Å². The van der Waals surface area contributed by atoms with E-state index in [2.05, 4.69) is 18.7 Å². The monoisotopic (exact) mass is 299 g/mol. The Bertz CT molecular complexity index is 663. The number of primary amides is 1. The van der Waals surface area contributed by atoms with Crippen molar-refractivity contribution in [1.29, 1.82) is 0 Å². The van der Waals surface area contributed by atoms with Gasteiger partial charge in [-0.05, 0) is 36.6 Å². The molecule has 3 nitrogen and oxygen atoms in total. The van der Waals surface area contributed by atoms with Crippen molar-refractivity contribution < 1.29 is 9.00 Å². The van der Waals surface area contributed by atoms with Crippen molar-refractivity contribution in [2.45, 2.75) is 23.1 Å². The summed E-state index contributed by atoms with van der Waals surface area (Å²) in [5.74, 6) is -0.435. The minimum absolute atomic E-state index is 0.398. The highest BCUT2D eigenvalue weighted by atomic mass is 32.2. The predicted molar refractivity (Wildman–Crippen MR) is 84.4 cm³/mol. The van der Waals surface area contributed by atoms with Crippen LogP contribution in [-0.4, -0.2) is 10.1 Å². The first kappa shape index (κ1) is 15.2. The first-order valence-electron chi connectivity index (χ1n) is 6.53. The van der Waals surface area contributed by atoms with Gasteiger partial charge >= 0.3 is 0 Å². The Morgan fingerprint density at radius 2 is 1.43 bits per heavy atom. The van der Waals surface area contributed by atoms with Gasteiger partial charge in [-0.15, -0.1) is 0 Å². The molecule has 0 saturated heterocycles. The van der Waals surface area contributed by atoms with Gasteiger partial charge in [0.2, 0.25) is 5.91 Å². The number of carbonyl (C=O) groups is 1. The Kier molecular flexibility index (Phi) is 4.70. The molecular weight excluding hydrogens is 282 g/mol. The molecule has 1 amide bonds. The van der Waals surface area contributed by atoms with Crippen LogP contribution in [0.1, 0.15) is 18.1 Å². The quantitative estimate of drug-likeness (QED) is 0.702. The van der Waals surface area contributed by atoms with Gasteiger partial charge in [-0.25, -0.2) is 4.21 Å². The molecular formula is C17H17NO2S. The Morgan fingerprint density at radius 1 is 1.05 bits per heavy atom. The number of nitrogens with two attached hydrogens (primary N) is 1. The SMILES string of the molecule is C=C(C)C(N)=O.O=S1c2ccccc2Cc2ccccc21. The zero-order valence-corrected chi connectivity index (χ0v) is 12.7. The summed E-state index contributed by atoms with van der Waals surface area (Å²) in [5, 5.41) is 0. The van der Waals surface area contributed by atoms with E-state index in [4.69, 9.17) is 5.73 Å². The predicted octanol–water partition coefficient (Wildman–Crippen LogP) is 2.81. The fourth-order valence-electron chi connectivity index (χ4n) is 1.99. The van der Waals surface area contributed by atoms with Gasteiger partial charge < -0.3 is 5.73 Å². The van der Waals surface area contributed by atoms with Gasteiger partial charge in [0.15, 0.2) is 0 Å². The van der Waals surface area contributed by atoms with Crippen LogP contribution >= 0.6 is 0 Å². The Morgan fingerprint density at radius 3 is 1.81 bits per heavy atom. The summed E-state index contributed by atoms with van der Waals surface area (Å²) in [6.07, 6.45) is 0.901. The molecule has 4 heteroatoms. The molecule has 0 atom stereocenters. The van der Waals surface area contributed by atoms with Crippen LogP contribution in [0, 0.1) is 0 Å². The topological polar surface area (TPSA) is 60.2 Å². The molecule has 1 heterocycles. The average molecular weight is 299 g/mol. The Hall–Kier alpha value is -2.20. The standard InChI is InChI=1S/C13H10OS.C4H7NO/c14-15-12-7-3-1-5-10(12)9-11-6-2-4-8-13(11)15;1-3(2)4(5)6/h1-8H,9H2;1H2,2H3,(H2,5,6). The van der Waals surface area contributed by atoms with Crippen LogP contribution in [0.3, 0.4) is 0 Å². The van der Waals surface area contributed by atoms with Crippen LogP contribution in [0.15, 0.2) is 70.5 Å². The highest BCUT2D eigenvalue weighted by molar-refractivity contribution is 7.85. The Balaban J connectivity index is 0.000000232. The first-order valence-corrected chi connectivity index (χ1v) is 7.68. The maximum atomic E-state index is 12.2. The zero-order chi connectivity index (χ0) is 15.4. The second kappa shape index (κ2) is 6.50. The summed E-state index contributed by atoms with van der Waals surface area (Å²) in [4.78, 5) is 11.8. The van der Waals surface area contributed by atoms with E-state index < -0.39 is 16.7 Å². The van der Waals surface area contributed by atoms with E-state index in [0.29, 0.717) is 5.57 Å². The second-order valence-corrected chi connectivity index (χ2v) is 6.22. The molecule has 0 unspecified atom stereocenters. The lowest BCUT2D eigenvalue weighted by Crippen LogP contribution is -2.10. The smallest absolute Gasteiger partial charge is 0.243 e. The van der Waals surface area contributed by atoms with Crippen molar-refractivity contribution in [3.63, 3.8) is 0 Å². The summed E-state index contributed by atoms with van der Waals surface area (Å²) in [7, 11) is -0.990. The Labute approximate surface area is 126 Å². The lowest BCUT2D eigenvalue weighted by atomic mass is 10.0. The minimum atomic E-state index is -0.990. The highest BCUT2D eigenvalue weighted by Gasteiger charge is 2.20. The van der Waals surface area contributed by atoms with E-state index >= 15 is 0 Å². The van der Waals surface area contributed by atoms with E-state index in [-0.39, 0.29) is 0 Å². The fraction of sp³-hybridized carbons (Fsp3) is 0.118.